The normalized spacial score (nSPS) is 13.4. The Morgan fingerprint density at radius 2 is 2.04 bits per heavy atom. The maximum absolute atomic E-state index is 13.0. The number of pyridine rings is 1. The van der Waals surface area contributed by atoms with Crippen LogP contribution in [0.25, 0.3) is 21.5 Å². The quantitative estimate of drug-likeness (QED) is 0.747. The van der Waals surface area contributed by atoms with Gasteiger partial charge >= 0.3 is 0 Å². The molecule has 0 fully saturated rings. The van der Waals surface area contributed by atoms with E-state index >= 15 is 0 Å². The summed E-state index contributed by atoms with van der Waals surface area (Å²) < 4.78 is 0. The molecule has 1 atom stereocenters. The molecule has 5 heteroatoms. The maximum Gasteiger partial charge on any atom is 0.253 e. The number of hydrogen-bond acceptors (Lipinski definition) is 4. The Bertz CT molecular complexity index is 957. The van der Waals surface area contributed by atoms with Gasteiger partial charge in [0, 0.05) is 5.39 Å². The molecular weight excluding hydrogens is 330 g/mol. The van der Waals surface area contributed by atoms with Gasteiger partial charge in [0.1, 0.15) is 5.54 Å². The smallest absolute Gasteiger partial charge is 0.253 e. The minimum Gasteiger partial charge on any atom is -0.334 e. The molecule has 126 valence electrons. The number of aromatic nitrogens is 1. The van der Waals surface area contributed by atoms with Gasteiger partial charge < -0.3 is 5.32 Å². The van der Waals surface area contributed by atoms with Crippen molar-refractivity contribution in [2.75, 3.05) is 0 Å². The molecular formula is C20H19N3OS. The van der Waals surface area contributed by atoms with Gasteiger partial charge in [-0.05, 0) is 36.4 Å². The monoisotopic (exact) mass is 349 g/mol. The van der Waals surface area contributed by atoms with E-state index in [4.69, 9.17) is 0 Å². The van der Waals surface area contributed by atoms with Crippen LogP contribution in [-0.2, 0) is 0 Å². The summed E-state index contributed by atoms with van der Waals surface area (Å²) in [6.07, 6.45) is 0. The van der Waals surface area contributed by atoms with Crippen LogP contribution in [0.5, 0.6) is 0 Å². The molecule has 1 amide bonds. The number of fused-ring (bicyclic) bond motifs is 1. The zero-order valence-corrected chi connectivity index (χ0v) is 15.2. The summed E-state index contributed by atoms with van der Waals surface area (Å²) in [4.78, 5) is 18.7. The lowest BCUT2D eigenvalue weighted by atomic mass is 9.89. The van der Waals surface area contributed by atoms with Gasteiger partial charge in [-0.1, -0.05) is 38.1 Å². The SMILES string of the molecule is CC(C)[C@](C)(C#N)NC(=O)c1cc(-c2cccs2)nc2ccccc12. The highest BCUT2D eigenvalue weighted by molar-refractivity contribution is 7.13. The van der Waals surface area contributed by atoms with Crippen LogP contribution in [0.15, 0.2) is 47.8 Å². The third kappa shape index (κ3) is 3.26. The third-order valence-corrected chi connectivity index (χ3v) is 5.39. The molecule has 2 heterocycles. The van der Waals surface area contributed by atoms with Crippen molar-refractivity contribution in [3.05, 3.63) is 53.4 Å². The van der Waals surface area contributed by atoms with Crippen molar-refractivity contribution in [1.82, 2.24) is 10.3 Å². The predicted molar refractivity (Wildman–Crippen MR) is 101 cm³/mol. The summed E-state index contributed by atoms with van der Waals surface area (Å²) in [6.45, 7) is 5.59. The molecule has 1 N–H and O–H groups in total. The molecule has 4 nitrogen and oxygen atoms in total. The summed E-state index contributed by atoms with van der Waals surface area (Å²) in [6, 6.07) is 15.5. The van der Waals surface area contributed by atoms with Crippen LogP contribution < -0.4 is 5.32 Å². The van der Waals surface area contributed by atoms with Crippen LogP contribution in [0.4, 0.5) is 0 Å². The van der Waals surface area contributed by atoms with Gasteiger partial charge in [-0.3, -0.25) is 4.79 Å². The first-order chi connectivity index (χ1) is 11.9. The molecule has 0 saturated heterocycles. The van der Waals surface area contributed by atoms with Crippen LogP contribution >= 0.6 is 11.3 Å². The second-order valence-corrected chi connectivity index (χ2v) is 7.42. The van der Waals surface area contributed by atoms with Crippen molar-refractivity contribution in [3.8, 4) is 16.6 Å². The lowest BCUT2D eigenvalue weighted by Crippen LogP contribution is -2.48. The highest BCUT2D eigenvalue weighted by atomic mass is 32.1. The zero-order chi connectivity index (χ0) is 18.0. The highest BCUT2D eigenvalue weighted by Crippen LogP contribution is 2.28. The molecule has 0 aliphatic heterocycles. The molecule has 1 aromatic carbocycles. The lowest BCUT2D eigenvalue weighted by molar-refractivity contribution is 0.0909. The van der Waals surface area contributed by atoms with Crippen molar-refractivity contribution in [3.63, 3.8) is 0 Å². The standard InChI is InChI=1S/C20H19N3OS/c1-13(2)20(3,12-21)23-19(24)15-11-17(18-9-6-10-25-18)22-16-8-5-4-7-14(15)16/h4-11,13H,1-3H3,(H,23,24)/t20-/m0/s1. The fraction of sp³-hybridized carbons (Fsp3) is 0.250. The minimum absolute atomic E-state index is 0.00804. The van der Waals surface area contributed by atoms with E-state index in [0.717, 1.165) is 21.5 Å². The van der Waals surface area contributed by atoms with Crippen LogP contribution in [-0.4, -0.2) is 16.4 Å². The average molecular weight is 349 g/mol. The van der Waals surface area contributed by atoms with Gasteiger partial charge in [0.2, 0.25) is 0 Å². The number of benzene rings is 1. The molecule has 2 aromatic heterocycles. The third-order valence-electron chi connectivity index (χ3n) is 4.49. The van der Waals surface area contributed by atoms with E-state index in [1.165, 1.54) is 0 Å². The van der Waals surface area contributed by atoms with E-state index < -0.39 is 5.54 Å². The van der Waals surface area contributed by atoms with Crippen LogP contribution in [0.1, 0.15) is 31.1 Å². The fourth-order valence-corrected chi connectivity index (χ4v) is 3.20. The van der Waals surface area contributed by atoms with E-state index in [1.54, 1.807) is 18.3 Å². The Morgan fingerprint density at radius 1 is 1.28 bits per heavy atom. The molecule has 3 aromatic rings. The van der Waals surface area contributed by atoms with Crippen molar-refractivity contribution >= 4 is 28.1 Å². The van der Waals surface area contributed by atoms with Crippen LogP contribution in [0.3, 0.4) is 0 Å². The van der Waals surface area contributed by atoms with Gasteiger partial charge in [-0.15, -0.1) is 11.3 Å². The topological polar surface area (TPSA) is 65.8 Å². The fourth-order valence-electron chi connectivity index (χ4n) is 2.52. The molecule has 0 aliphatic carbocycles. The summed E-state index contributed by atoms with van der Waals surface area (Å²) in [7, 11) is 0. The first-order valence-corrected chi connectivity index (χ1v) is 9.00. The number of thiophene rings is 1. The number of carbonyl (C=O) groups is 1. The Morgan fingerprint density at radius 3 is 2.68 bits per heavy atom. The molecule has 0 radical (unpaired) electrons. The van der Waals surface area contributed by atoms with Gasteiger partial charge in [0.25, 0.3) is 5.91 Å². The maximum atomic E-state index is 13.0. The summed E-state index contributed by atoms with van der Waals surface area (Å²) in [5.41, 5.74) is 1.14. The number of nitriles is 1. The number of nitrogens with one attached hydrogen (secondary N) is 1. The Balaban J connectivity index is 2.11. The first kappa shape index (κ1) is 17.1. The summed E-state index contributed by atoms with van der Waals surface area (Å²) in [5.74, 6) is -0.263. The van der Waals surface area contributed by atoms with E-state index in [0.29, 0.717) is 5.56 Å². The largest absolute Gasteiger partial charge is 0.334 e. The Kier molecular flexibility index (Phi) is 4.56. The van der Waals surface area contributed by atoms with E-state index in [1.807, 2.05) is 61.7 Å². The molecule has 25 heavy (non-hydrogen) atoms. The molecule has 0 bridgehead atoms. The number of amides is 1. The summed E-state index contributed by atoms with van der Waals surface area (Å²) in [5, 5.41) is 15.2. The number of carbonyl (C=O) groups excluding carboxylic acids is 1. The van der Waals surface area contributed by atoms with E-state index in [-0.39, 0.29) is 11.8 Å². The van der Waals surface area contributed by atoms with Crippen molar-refractivity contribution in [2.24, 2.45) is 5.92 Å². The predicted octanol–water partition coefficient (Wildman–Crippen LogP) is 4.63. The van der Waals surface area contributed by atoms with Gasteiger partial charge in [-0.2, -0.15) is 5.26 Å². The molecule has 0 unspecified atom stereocenters. The van der Waals surface area contributed by atoms with Crippen LogP contribution in [0, 0.1) is 17.2 Å². The van der Waals surface area contributed by atoms with Gasteiger partial charge in [-0.25, -0.2) is 4.98 Å². The zero-order valence-electron chi connectivity index (χ0n) is 14.4. The van der Waals surface area contributed by atoms with Crippen molar-refractivity contribution in [2.45, 2.75) is 26.3 Å². The Hall–Kier alpha value is -2.71. The Labute approximate surface area is 151 Å². The molecule has 3 rings (SSSR count). The van der Waals surface area contributed by atoms with Crippen LogP contribution in [0.2, 0.25) is 0 Å². The molecule has 0 saturated carbocycles. The number of nitrogens with zero attached hydrogens (tertiary/aromatic N) is 2. The minimum atomic E-state index is -0.926. The average Bonchev–Trinajstić information content (AvgIpc) is 3.15. The van der Waals surface area contributed by atoms with Crippen molar-refractivity contribution < 1.29 is 4.79 Å². The lowest BCUT2D eigenvalue weighted by Gasteiger charge is -2.27. The number of para-hydroxylation sites is 1. The summed E-state index contributed by atoms with van der Waals surface area (Å²) >= 11 is 1.58. The van der Waals surface area contributed by atoms with Gasteiger partial charge in [0.15, 0.2) is 0 Å². The molecule has 0 spiro atoms. The van der Waals surface area contributed by atoms with Gasteiger partial charge in [0.05, 0.1) is 27.7 Å². The number of hydrogen-bond donors (Lipinski definition) is 1. The second-order valence-electron chi connectivity index (χ2n) is 6.47. The van der Waals surface area contributed by atoms with E-state index in [2.05, 4.69) is 16.4 Å². The van der Waals surface area contributed by atoms with E-state index in [9.17, 15) is 10.1 Å². The number of rotatable bonds is 4. The molecule has 0 aliphatic rings. The van der Waals surface area contributed by atoms with Crippen molar-refractivity contribution in [1.29, 1.82) is 5.26 Å². The first-order valence-electron chi connectivity index (χ1n) is 8.12. The second kappa shape index (κ2) is 6.66. The highest BCUT2D eigenvalue weighted by Gasteiger charge is 2.31.